The van der Waals surface area contributed by atoms with Crippen molar-refractivity contribution in [1.82, 2.24) is 4.90 Å². The molecule has 0 aromatic heterocycles. The Morgan fingerprint density at radius 3 is 2.30 bits per heavy atom. The van der Waals surface area contributed by atoms with Gasteiger partial charge >= 0.3 is 0 Å². The summed E-state index contributed by atoms with van der Waals surface area (Å²) < 4.78 is 0. The first-order valence-corrected chi connectivity index (χ1v) is 12.3. The summed E-state index contributed by atoms with van der Waals surface area (Å²) in [4.78, 5) is 18.0. The van der Waals surface area contributed by atoms with Gasteiger partial charge in [0.25, 0.3) is 5.91 Å². The molecule has 3 aromatic rings. The number of benzene rings is 3. The molecule has 0 radical (unpaired) electrons. The normalized spacial score (nSPS) is 17.4. The van der Waals surface area contributed by atoms with E-state index in [1.165, 1.54) is 22.3 Å². The van der Waals surface area contributed by atoms with Gasteiger partial charge in [-0.05, 0) is 75.2 Å². The van der Waals surface area contributed by atoms with E-state index in [0.29, 0.717) is 22.2 Å². The van der Waals surface area contributed by atoms with Gasteiger partial charge in [0, 0.05) is 29.2 Å². The van der Waals surface area contributed by atoms with Gasteiger partial charge in [-0.2, -0.15) is 0 Å². The molecule has 3 nitrogen and oxygen atoms in total. The summed E-state index contributed by atoms with van der Waals surface area (Å²) in [7, 11) is 0. The third kappa shape index (κ3) is 4.30. The van der Waals surface area contributed by atoms with Crippen molar-refractivity contribution in [1.29, 1.82) is 0 Å². The number of carbonyl (C=O) groups excluding carboxylic acids is 1. The maximum Gasteiger partial charge on any atom is 0.259 e. The lowest BCUT2D eigenvalue weighted by Gasteiger charge is -2.40. The van der Waals surface area contributed by atoms with Crippen molar-refractivity contribution in [2.45, 2.75) is 38.6 Å². The maximum absolute atomic E-state index is 13.6. The smallest absolute Gasteiger partial charge is 0.259 e. The summed E-state index contributed by atoms with van der Waals surface area (Å²) in [6, 6.07) is 20.4. The number of piperidine rings is 1. The lowest BCUT2D eigenvalue weighted by atomic mass is 9.74. The van der Waals surface area contributed by atoms with E-state index in [1.54, 1.807) is 18.2 Å². The molecular weight excluding hydrogens is 451 g/mol. The van der Waals surface area contributed by atoms with E-state index in [-0.39, 0.29) is 11.3 Å². The molecule has 0 bridgehead atoms. The van der Waals surface area contributed by atoms with E-state index in [0.717, 1.165) is 38.2 Å². The molecule has 1 fully saturated rings. The molecular formula is C28H28Cl2N2O. The lowest BCUT2D eigenvalue weighted by molar-refractivity contribution is 0.0975. The molecule has 1 spiro atoms. The summed E-state index contributed by atoms with van der Waals surface area (Å²) in [6.07, 6.45) is 2.07. The Kier molecular flexibility index (Phi) is 5.98. The Morgan fingerprint density at radius 1 is 0.909 bits per heavy atom. The van der Waals surface area contributed by atoms with Gasteiger partial charge in [-0.15, -0.1) is 0 Å². The average Bonchev–Trinajstić information content (AvgIpc) is 3.10. The number of aryl methyl sites for hydroxylation is 2. The van der Waals surface area contributed by atoms with Gasteiger partial charge in [0.15, 0.2) is 0 Å². The molecule has 0 saturated carbocycles. The molecule has 33 heavy (non-hydrogen) atoms. The van der Waals surface area contributed by atoms with Crippen molar-refractivity contribution < 1.29 is 4.79 Å². The van der Waals surface area contributed by atoms with Crippen molar-refractivity contribution in [2.75, 3.05) is 24.5 Å². The number of carbonyl (C=O) groups is 1. The van der Waals surface area contributed by atoms with Gasteiger partial charge in [0.05, 0.1) is 10.6 Å². The Morgan fingerprint density at radius 2 is 1.61 bits per heavy atom. The second-order valence-electron chi connectivity index (χ2n) is 9.58. The minimum absolute atomic E-state index is 0.0142. The largest absolute Gasteiger partial charge is 0.307 e. The second-order valence-corrected chi connectivity index (χ2v) is 10.4. The van der Waals surface area contributed by atoms with Gasteiger partial charge < -0.3 is 4.90 Å². The molecule has 170 valence electrons. The molecule has 2 aliphatic heterocycles. The SMILES string of the molecule is Cc1ccc(CN2CCC3(CC2)CN(C(=O)c2ccc(Cl)cc2Cl)c2ccc(C)cc23)cc1. The van der Waals surface area contributed by atoms with Crippen LogP contribution in [0.4, 0.5) is 5.69 Å². The monoisotopic (exact) mass is 478 g/mol. The number of nitrogens with zero attached hydrogens (tertiary/aromatic N) is 2. The molecule has 0 atom stereocenters. The van der Waals surface area contributed by atoms with Crippen molar-refractivity contribution in [3.63, 3.8) is 0 Å². The van der Waals surface area contributed by atoms with Crippen LogP contribution >= 0.6 is 23.2 Å². The van der Waals surface area contributed by atoms with Crippen LogP contribution in [0.5, 0.6) is 0 Å². The first kappa shape index (κ1) is 22.5. The number of halogens is 2. The van der Waals surface area contributed by atoms with Crippen LogP contribution in [0.25, 0.3) is 0 Å². The summed E-state index contributed by atoms with van der Waals surface area (Å²) in [5.74, 6) is -0.0549. The zero-order chi connectivity index (χ0) is 23.2. The van der Waals surface area contributed by atoms with Crippen LogP contribution in [0.2, 0.25) is 10.0 Å². The zero-order valence-electron chi connectivity index (χ0n) is 19.1. The van der Waals surface area contributed by atoms with Crippen LogP contribution in [0.15, 0.2) is 60.7 Å². The molecule has 1 amide bonds. The van der Waals surface area contributed by atoms with Gasteiger partial charge in [0.2, 0.25) is 0 Å². The fourth-order valence-corrected chi connectivity index (χ4v) is 5.78. The van der Waals surface area contributed by atoms with Crippen LogP contribution in [0, 0.1) is 13.8 Å². The van der Waals surface area contributed by atoms with Gasteiger partial charge in [-0.1, -0.05) is 70.7 Å². The van der Waals surface area contributed by atoms with E-state index in [9.17, 15) is 4.79 Å². The number of rotatable bonds is 3. The van der Waals surface area contributed by atoms with Crippen LogP contribution in [-0.2, 0) is 12.0 Å². The number of hydrogen-bond acceptors (Lipinski definition) is 2. The highest BCUT2D eigenvalue weighted by Crippen LogP contribution is 2.48. The fraction of sp³-hybridized carbons (Fsp3) is 0.321. The minimum atomic E-state index is -0.0549. The van der Waals surface area contributed by atoms with Gasteiger partial charge in [-0.25, -0.2) is 0 Å². The Hall–Kier alpha value is -2.33. The maximum atomic E-state index is 13.6. The van der Waals surface area contributed by atoms with Crippen molar-refractivity contribution in [3.05, 3.63) is 98.5 Å². The number of anilines is 1. The molecule has 0 unspecified atom stereocenters. The first-order valence-electron chi connectivity index (χ1n) is 11.5. The highest BCUT2D eigenvalue weighted by atomic mass is 35.5. The number of likely N-dealkylation sites (tertiary alicyclic amines) is 1. The third-order valence-corrected chi connectivity index (χ3v) is 7.77. The quantitative estimate of drug-likeness (QED) is 0.412. The van der Waals surface area contributed by atoms with Crippen LogP contribution in [0.1, 0.15) is 45.5 Å². The molecule has 5 rings (SSSR count). The predicted molar refractivity (Wildman–Crippen MR) is 137 cm³/mol. The van der Waals surface area contributed by atoms with Crippen LogP contribution in [-0.4, -0.2) is 30.4 Å². The Labute approximate surface area is 205 Å². The summed E-state index contributed by atoms with van der Waals surface area (Å²) in [5.41, 5.74) is 6.68. The number of hydrogen-bond donors (Lipinski definition) is 0. The predicted octanol–water partition coefficient (Wildman–Crippen LogP) is 6.80. The van der Waals surface area contributed by atoms with E-state index >= 15 is 0 Å². The molecule has 1 saturated heterocycles. The Bertz CT molecular complexity index is 1200. The highest BCUT2D eigenvalue weighted by molar-refractivity contribution is 6.37. The summed E-state index contributed by atoms with van der Waals surface area (Å²) in [5, 5.41) is 0.932. The van der Waals surface area contributed by atoms with E-state index in [1.807, 2.05) is 4.90 Å². The molecule has 2 aliphatic rings. The van der Waals surface area contributed by atoms with E-state index in [4.69, 9.17) is 23.2 Å². The Balaban J connectivity index is 1.39. The van der Waals surface area contributed by atoms with Gasteiger partial charge in [0.1, 0.15) is 0 Å². The average molecular weight is 479 g/mol. The van der Waals surface area contributed by atoms with Crippen LogP contribution in [0.3, 0.4) is 0 Å². The molecule has 0 N–H and O–H groups in total. The highest BCUT2D eigenvalue weighted by Gasteiger charge is 2.46. The van der Waals surface area contributed by atoms with E-state index in [2.05, 4.69) is 61.2 Å². The van der Waals surface area contributed by atoms with Crippen LogP contribution < -0.4 is 4.90 Å². The molecule has 3 aromatic carbocycles. The first-order chi connectivity index (χ1) is 15.8. The number of fused-ring (bicyclic) bond motifs is 2. The van der Waals surface area contributed by atoms with E-state index < -0.39 is 0 Å². The summed E-state index contributed by atoms with van der Waals surface area (Å²) >= 11 is 12.5. The topological polar surface area (TPSA) is 23.6 Å². The van der Waals surface area contributed by atoms with Gasteiger partial charge in [-0.3, -0.25) is 9.69 Å². The zero-order valence-corrected chi connectivity index (χ0v) is 20.6. The molecule has 5 heteroatoms. The third-order valence-electron chi connectivity index (χ3n) is 7.22. The molecule has 0 aliphatic carbocycles. The van der Waals surface area contributed by atoms with Crippen molar-refractivity contribution in [3.8, 4) is 0 Å². The van der Waals surface area contributed by atoms with Crippen molar-refractivity contribution >= 4 is 34.8 Å². The second kappa shape index (κ2) is 8.79. The number of amides is 1. The standard InChI is InChI=1S/C28H28Cl2N2O/c1-19-3-6-21(7-4-19)17-31-13-11-28(12-14-31)18-32(26-10-5-20(2)15-24(26)28)27(33)23-9-8-22(29)16-25(23)30/h3-10,15-16H,11-14,17-18H2,1-2H3. The van der Waals surface area contributed by atoms with Crippen molar-refractivity contribution in [2.24, 2.45) is 0 Å². The molecule has 2 heterocycles. The lowest BCUT2D eigenvalue weighted by Crippen LogP contribution is -2.45. The summed E-state index contributed by atoms with van der Waals surface area (Å²) in [6.45, 7) is 7.96. The minimum Gasteiger partial charge on any atom is -0.307 e. The fourth-order valence-electron chi connectivity index (χ4n) is 5.29.